The maximum Gasteiger partial charge on any atom is 0.328 e. The summed E-state index contributed by atoms with van der Waals surface area (Å²) in [6.45, 7) is 3.62. The molecule has 20 heavy (non-hydrogen) atoms. The lowest BCUT2D eigenvalue weighted by Gasteiger charge is -2.11. The highest BCUT2D eigenvalue weighted by Crippen LogP contribution is 2.23. The molecule has 2 atom stereocenters. The van der Waals surface area contributed by atoms with Crippen LogP contribution in [0.4, 0.5) is 0 Å². The van der Waals surface area contributed by atoms with Gasteiger partial charge in [-0.05, 0) is 31.6 Å². The summed E-state index contributed by atoms with van der Waals surface area (Å²) in [5.74, 6) is -0.851. The zero-order valence-electron chi connectivity index (χ0n) is 11.5. The Hall–Kier alpha value is -1.47. The number of hydrogen-bond acceptors (Lipinski definition) is 4. The smallest absolute Gasteiger partial charge is 0.328 e. The van der Waals surface area contributed by atoms with Gasteiger partial charge >= 0.3 is 5.97 Å². The number of hydrogen-bond donors (Lipinski definition) is 2. The first-order valence-electron chi connectivity index (χ1n) is 5.92. The first-order valence-corrected chi connectivity index (χ1v) is 8.46. The first kappa shape index (κ1) is 16.6. The van der Waals surface area contributed by atoms with Crippen molar-refractivity contribution in [2.45, 2.75) is 19.9 Å². The summed E-state index contributed by atoms with van der Waals surface area (Å²) in [6, 6.07) is 1.55. The quantitative estimate of drug-likeness (QED) is 0.782. The third-order valence-corrected chi connectivity index (χ3v) is 4.59. The van der Waals surface area contributed by atoms with Crippen LogP contribution in [-0.2, 0) is 15.6 Å². The van der Waals surface area contributed by atoms with Gasteiger partial charge < -0.3 is 10.4 Å². The van der Waals surface area contributed by atoms with Crippen LogP contribution in [0, 0.1) is 6.92 Å². The zero-order valence-corrected chi connectivity index (χ0v) is 13.1. The lowest BCUT2D eigenvalue weighted by Crippen LogP contribution is -2.35. The van der Waals surface area contributed by atoms with Crippen LogP contribution < -0.4 is 5.32 Å². The van der Waals surface area contributed by atoms with Gasteiger partial charge in [0.25, 0.3) is 5.91 Å². The molecule has 1 amide bonds. The molecular formula is C13H17NO4S2. The summed E-state index contributed by atoms with van der Waals surface area (Å²) in [5.41, 5.74) is 0.851. The number of amides is 1. The Balaban J connectivity index is 2.77. The predicted molar refractivity (Wildman–Crippen MR) is 81.6 cm³/mol. The van der Waals surface area contributed by atoms with E-state index in [0.717, 1.165) is 16.5 Å². The molecule has 7 heteroatoms. The minimum Gasteiger partial charge on any atom is -0.478 e. The second kappa shape index (κ2) is 7.35. The fourth-order valence-electron chi connectivity index (χ4n) is 1.61. The molecule has 0 saturated heterocycles. The normalized spacial score (nSPS) is 14.2. The van der Waals surface area contributed by atoms with Crippen molar-refractivity contribution < 1.29 is 18.9 Å². The summed E-state index contributed by atoms with van der Waals surface area (Å²) in [4.78, 5) is 23.7. The molecule has 2 N–H and O–H groups in total. The van der Waals surface area contributed by atoms with E-state index in [2.05, 4.69) is 5.32 Å². The molecule has 0 aliphatic heterocycles. The second-order valence-corrected chi connectivity index (χ2v) is 7.01. The number of carbonyl (C=O) groups is 2. The number of aliphatic carboxylic acids is 1. The van der Waals surface area contributed by atoms with E-state index in [9.17, 15) is 13.8 Å². The van der Waals surface area contributed by atoms with E-state index in [0.29, 0.717) is 10.6 Å². The van der Waals surface area contributed by atoms with Crippen molar-refractivity contribution in [1.82, 2.24) is 5.32 Å². The van der Waals surface area contributed by atoms with Gasteiger partial charge in [0.1, 0.15) is 0 Å². The molecule has 1 rings (SSSR count). The van der Waals surface area contributed by atoms with Gasteiger partial charge in [-0.25, -0.2) is 4.79 Å². The van der Waals surface area contributed by atoms with Gasteiger partial charge in [0.2, 0.25) is 0 Å². The maximum absolute atomic E-state index is 12.0. The minimum atomic E-state index is -1.03. The second-order valence-electron chi connectivity index (χ2n) is 4.44. The zero-order chi connectivity index (χ0) is 15.3. The lowest BCUT2D eigenvalue weighted by atomic mass is 10.2. The summed E-state index contributed by atoms with van der Waals surface area (Å²) in [6.07, 6.45) is 4.11. The third kappa shape index (κ3) is 5.26. The number of nitrogens with one attached hydrogen (secondary N) is 1. The van der Waals surface area contributed by atoms with E-state index in [1.54, 1.807) is 19.2 Å². The maximum atomic E-state index is 12.0. The third-order valence-electron chi connectivity index (χ3n) is 2.42. The van der Waals surface area contributed by atoms with Crippen molar-refractivity contribution in [3.63, 3.8) is 0 Å². The highest BCUT2D eigenvalue weighted by Gasteiger charge is 2.14. The predicted octanol–water partition coefficient (Wildman–Crippen LogP) is 1.65. The molecule has 0 spiro atoms. The molecule has 1 aromatic rings. The van der Waals surface area contributed by atoms with Crippen molar-refractivity contribution in [3.8, 4) is 0 Å². The van der Waals surface area contributed by atoms with Gasteiger partial charge in [-0.1, -0.05) is 0 Å². The van der Waals surface area contributed by atoms with E-state index in [1.165, 1.54) is 17.4 Å². The van der Waals surface area contributed by atoms with Crippen molar-refractivity contribution in [1.29, 1.82) is 0 Å². The number of carbonyl (C=O) groups excluding carboxylic acids is 1. The van der Waals surface area contributed by atoms with E-state index < -0.39 is 16.8 Å². The molecule has 0 aliphatic rings. The minimum absolute atomic E-state index is 0.172. The van der Waals surface area contributed by atoms with E-state index in [4.69, 9.17) is 5.11 Å². The van der Waals surface area contributed by atoms with E-state index in [-0.39, 0.29) is 11.9 Å². The molecule has 5 nitrogen and oxygen atoms in total. The number of aryl methyl sites for hydroxylation is 1. The highest BCUT2D eigenvalue weighted by molar-refractivity contribution is 7.84. The van der Waals surface area contributed by atoms with Gasteiger partial charge in [0, 0.05) is 39.8 Å². The van der Waals surface area contributed by atoms with Crippen LogP contribution in [0.5, 0.6) is 0 Å². The van der Waals surface area contributed by atoms with Gasteiger partial charge in [-0.15, -0.1) is 11.3 Å². The highest BCUT2D eigenvalue weighted by atomic mass is 32.2. The average Bonchev–Trinajstić information content (AvgIpc) is 2.66. The fraction of sp³-hybridized carbons (Fsp3) is 0.385. The molecule has 110 valence electrons. The monoisotopic (exact) mass is 315 g/mol. The van der Waals surface area contributed by atoms with Crippen molar-refractivity contribution in [2.24, 2.45) is 0 Å². The van der Waals surface area contributed by atoms with Crippen LogP contribution in [0.1, 0.15) is 27.0 Å². The van der Waals surface area contributed by atoms with Gasteiger partial charge in [-0.3, -0.25) is 9.00 Å². The van der Waals surface area contributed by atoms with Gasteiger partial charge in [0.15, 0.2) is 0 Å². The molecule has 1 aromatic heterocycles. The Labute approximate surface area is 124 Å². The Bertz CT molecular complexity index is 563. The van der Waals surface area contributed by atoms with Crippen LogP contribution in [0.3, 0.4) is 0 Å². The molecule has 0 saturated carbocycles. The first-order chi connectivity index (χ1) is 9.29. The number of carboxylic acids is 1. The molecule has 0 aliphatic carbocycles. The van der Waals surface area contributed by atoms with Crippen LogP contribution in [0.2, 0.25) is 0 Å². The Morgan fingerprint density at radius 2 is 2.20 bits per heavy atom. The molecular weight excluding hydrogens is 298 g/mol. The van der Waals surface area contributed by atoms with Crippen molar-refractivity contribution in [2.75, 3.05) is 12.0 Å². The van der Waals surface area contributed by atoms with Crippen LogP contribution in [0.25, 0.3) is 6.08 Å². The van der Waals surface area contributed by atoms with Crippen LogP contribution >= 0.6 is 11.3 Å². The lowest BCUT2D eigenvalue weighted by molar-refractivity contribution is -0.131. The van der Waals surface area contributed by atoms with E-state index >= 15 is 0 Å². The summed E-state index contributed by atoms with van der Waals surface area (Å²) < 4.78 is 11.1. The number of rotatable bonds is 6. The Morgan fingerprint density at radius 1 is 1.55 bits per heavy atom. The Kier molecular flexibility index (Phi) is 6.09. The summed E-state index contributed by atoms with van der Waals surface area (Å²) in [5, 5.41) is 11.4. The standard InChI is InChI=1S/C13H17NO4S2/c1-8-6-11(19-10(8)4-5-12(15)16)13(17)14-9(2)7-20(3)18/h4-6,9H,7H2,1-3H3,(H,14,17)(H,15,16)/b5-4+. The molecule has 0 radical (unpaired) electrons. The van der Waals surface area contributed by atoms with Crippen molar-refractivity contribution in [3.05, 3.63) is 27.5 Å². The SMILES string of the molecule is Cc1cc(C(=O)NC(C)CS(C)=O)sc1/C=C/C(=O)O. The molecule has 0 aromatic carbocycles. The fourth-order valence-corrected chi connectivity index (χ4v) is 3.38. The summed E-state index contributed by atoms with van der Waals surface area (Å²) >= 11 is 1.23. The summed E-state index contributed by atoms with van der Waals surface area (Å²) in [7, 11) is -0.964. The van der Waals surface area contributed by atoms with Crippen LogP contribution in [0.15, 0.2) is 12.1 Å². The number of carboxylic acid groups (broad SMARTS) is 1. The van der Waals surface area contributed by atoms with Gasteiger partial charge in [0.05, 0.1) is 4.88 Å². The topological polar surface area (TPSA) is 83.5 Å². The Morgan fingerprint density at radius 3 is 2.75 bits per heavy atom. The van der Waals surface area contributed by atoms with E-state index in [1.807, 2.05) is 6.92 Å². The molecule has 2 unspecified atom stereocenters. The molecule has 1 heterocycles. The van der Waals surface area contributed by atoms with Crippen molar-refractivity contribution >= 4 is 40.1 Å². The average molecular weight is 315 g/mol. The van der Waals surface area contributed by atoms with Crippen LogP contribution in [-0.4, -0.2) is 39.2 Å². The molecule has 0 fully saturated rings. The van der Waals surface area contributed by atoms with Gasteiger partial charge in [-0.2, -0.15) is 0 Å². The largest absolute Gasteiger partial charge is 0.478 e. The number of thiophene rings is 1. The molecule has 0 bridgehead atoms.